The molecule has 1 nitrogen and oxygen atoms in total. The quantitative estimate of drug-likeness (QED) is 0.555. The van der Waals surface area contributed by atoms with Gasteiger partial charge in [0.1, 0.15) is 5.82 Å². The van der Waals surface area contributed by atoms with E-state index in [4.69, 9.17) is 0 Å². The van der Waals surface area contributed by atoms with Crippen molar-refractivity contribution in [2.24, 2.45) is 0 Å². The lowest BCUT2D eigenvalue weighted by Gasteiger charge is -1.93. The number of aromatic nitrogens is 1. The van der Waals surface area contributed by atoms with Crippen LogP contribution in [0.25, 0.3) is 10.9 Å². The summed E-state index contributed by atoms with van der Waals surface area (Å²) in [5.41, 5.74) is 0.772. The Balaban J connectivity index is 2.83. The number of rotatable bonds is 0. The monoisotopic (exact) mass is 146 g/mol. The molecule has 0 saturated heterocycles. The minimum Gasteiger partial charge on any atom is -0.256 e. The molecule has 0 aliphatic heterocycles. The minimum absolute atomic E-state index is 0.248. The molecule has 2 aromatic rings. The average molecular weight is 146 g/mol. The predicted molar refractivity (Wildman–Crippen MR) is 40.5 cm³/mol. The third-order valence-electron chi connectivity index (χ3n) is 1.49. The van der Waals surface area contributed by atoms with Crippen molar-refractivity contribution in [3.8, 4) is 0 Å². The maximum absolute atomic E-state index is 12.6. The summed E-state index contributed by atoms with van der Waals surface area (Å²) in [5.74, 6) is -0.248. The van der Waals surface area contributed by atoms with Crippen molar-refractivity contribution in [3.05, 3.63) is 42.3 Å². The molecular formula is C9H5FN. The van der Waals surface area contributed by atoms with E-state index in [1.165, 1.54) is 12.1 Å². The number of fused-ring (bicyclic) bond motifs is 1. The molecule has 0 atom stereocenters. The van der Waals surface area contributed by atoms with Crippen LogP contribution in [0.15, 0.2) is 30.5 Å². The third-order valence-corrected chi connectivity index (χ3v) is 1.49. The first-order chi connectivity index (χ1) is 5.36. The van der Waals surface area contributed by atoms with Crippen LogP contribution in [0.3, 0.4) is 0 Å². The van der Waals surface area contributed by atoms with Crippen molar-refractivity contribution in [3.63, 3.8) is 0 Å². The van der Waals surface area contributed by atoms with E-state index in [2.05, 4.69) is 11.1 Å². The Morgan fingerprint density at radius 1 is 1.36 bits per heavy atom. The van der Waals surface area contributed by atoms with Crippen molar-refractivity contribution in [2.45, 2.75) is 0 Å². The first-order valence-electron chi connectivity index (χ1n) is 3.28. The van der Waals surface area contributed by atoms with Crippen molar-refractivity contribution < 1.29 is 4.39 Å². The van der Waals surface area contributed by atoms with Crippen molar-refractivity contribution >= 4 is 10.9 Å². The molecule has 0 bridgehead atoms. The zero-order valence-corrected chi connectivity index (χ0v) is 5.71. The second-order valence-electron chi connectivity index (χ2n) is 2.25. The summed E-state index contributed by atoms with van der Waals surface area (Å²) in [7, 11) is 0. The van der Waals surface area contributed by atoms with Gasteiger partial charge in [-0.15, -0.1) is 0 Å². The Labute approximate surface area is 63.5 Å². The molecule has 0 fully saturated rings. The Morgan fingerprint density at radius 3 is 3.18 bits per heavy atom. The van der Waals surface area contributed by atoms with Gasteiger partial charge in [-0.05, 0) is 30.3 Å². The van der Waals surface area contributed by atoms with E-state index >= 15 is 0 Å². The topological polar surface area (TPSA) is 12.9 Å². The van der Waals surface area contributed by atoms with Gasteiger partial charge in [0.05, 0.1) is 5.52 Å². The molecule has 1 aromatic carbocycles. The molecule has 0 saturated carbocycles. The standard InChI is InChI=1S/C9H5FN/c10-8-3-4-9-7(6-8)2-1-5-11-9/h1,3-6H. The Bertz CT molecular complexity index is 384. The van der Waals surface area contributed by atoms with Gasteiger partial charge in [-0.25, -0.2) is 4.39 Å². The fourth-order valence-electron chi connectivity index (χ4n) is 0.981. The van der Waals surface area contributed by atoms with Crippen LogP contribution < -0.4 is 0 Å². The van der Waals surface area contributed by atoms with Crippen LogP contribution in [0.2, 0.25) is 0 Å². The first-order valence-corrected chi connectivity index (χ1v) is 3.28. The molecule has 0 unspecified atom stereocenters. The summed E-state index contributed by atoms with van der Waals surface area (Å²) in [6, 6.07) is 9.01. The molecule has 1 radical (unpaired) electrons. The predicted octanol–water partition coefficient (Wildman–Crippen LogP) is 2.17. The second-order valence-corrected chi connectivity index (χ2v) is 2.25. The molecule has 1 heterocycles. The molecule has 1 aromatic heterocycles. The van der Waals surface area contributed by atoms with Crippen LogP contribution in [0.5, 0.6) is 0 Å². The fraction of sp³-hybridized carbons (Fsp3) is 0. The first kappa shape index (κ1) is 6.28. The molecule has 11 heavy (non-hydrogen) atoms. The summed E-state index contributed by atoms with van der Waals surface area (Å²) in [6.45, 7) is 0. The molecule has 0 amide bonds. The molecule has 0 N–H and O–H groups in total. The smallest absolute Gasteiger partial charge is 0.123 e. The number of halogens is 1. The van der Waals surface area contributed by atoms with Gasteiger partial charge in [0.2, 0.25) is 0 Å². The highest BCUT2D eigenvalue weighted by molar-refractivity contribution is 5.77. The Morgan fingerprint density at radius 2 is 2.27 bits per heavy atom. The van der Waals surface area contributed by atoms with E-state index < -0.39 is 0 Å². The van der Waals surface area contributed by atoms with Crippen LogP contribution in [-0.4, -0.2) is 4.98 Å². The lowest BCUT2D eigenvalue weighted by molar-refractivity contribution is 0.629. The van der Waals surface area contributed by atoms with Crippen LogP contribution in [0.1, 0.15) is 0 Å². The zero-order chi connectivity index (χ0) is 7.68. The molecule has 2 heteroatoms. The van der Waals surface area contributed by atoms with Crippen LogP contribution in [0, 0.1) is 11.9 Å². The van der Waals surface area contributed by atoms with E-state index in [1.54, 1.807) is 18.3 Å². The van der Waals surface area contributed by atoms with Gasteiger partial charge in [-0.3, -0.25) is 4.98 Å². The van der Waals surface area contributed by atoms with Gasteiger partial charge in [-0.1, -0.05) is 0 Å². The summed E-state index contributed by atoms with van der Waals surface area (Å²) in [5, 5.41) is 0.715. The maximum Gasteiger partial charge on any atom is 0.123 e. The third kappa shape index (κ3) is 1.07. The summed E-state index contributed by atoms with van der Waals surface area (Å²) < 4.78 is 12.6. The van der Waals surface area contributed by atoms with E-state index in [0.717, 1.165) is 5.52 Å². The molecule has 0 aliphatic carbocycles. The highest BCUT2D eigenvalue weighted by Crippen LogP contribution is 2.10. The van der Waals surface area contributed by atoms with Crippen molar-refractivity contribution in [1.29, 1.82) is 0 Å². The highest BCUT2D eigenvalue weighted by atomic mass is 19.1. The van der Waals surface area contributed by atoms with Gasteiger partial charge < -0.3 is 0 Å². The molecule has 0 spiro atoms. The Hall–Kier alpha value is -1.44. The summed E-state index contributed by atoms with van der Waals surface area (Å²) >= 11 is 0. The SMILES string of the molecule is Fc1ccc2ncc[c]c2c1. The Kier molecular flexibility index (Phi) is 1.32. The van der Waals surface area contributed by atoms with Crippen LogP contribution in [0.4, 0.5) is 4.39 Å². The molecule has 0 aliphatic rings. The van der Waals surface area contributed by atoms with Gasteiger partial charge in [-0.2, -0.15) is 0 Å². The van der Waals surface area contributed by atoms with Gasteiger partial charge >= 0.3 is 0 Å². The summed E-state index contributed by atoms with van der Waals surface area (Å²) in [4.78, 5) is 4.02. The van der Waals surface area contributed by atoms with Gasteiger partial charge in [0.15, 0.2) is 0 Å². The van der Waals surface area contributed by atoms with E-state index in [1.807, 2.05) is 0 Å². The molecule has 2 rings (SSSR count). The van der Waals surface area contributed by atoms with Gasteiger partial charge in [0.25, 0.3) is 0 Å². The van der Waals surface area contributed by atoms with Crippen molar-refractivity contribution in [2.75, 3.05) is 0 Å². The second kappa shape index (κ2) is 2.31. The van der Waals surface area contributed by atoms with Crippen molar-refractivity contribution in [1.82, 2.24) is 4.98 Å². The lowest BCUT2D eigenvalue weighted by atomic mass is 10.2. The number of hydrogen-bond donors (Lipinski definition) is 0. The largest absolute Gasteiger partial charge is 0.256 e. The normalized spacial score (nSPS) is 10.3. The van der Waals surface area contributed by atoms with E-state index in [9.17, 15) is 4.39 Å². The lowest BCUT2D eigenvalue weighted by Crippen LogP contribution is -1.78. The zero-order valence-electron chi connectivity index (χ0n) is 5.71. The minimum atomic E-state index is -0.248. The number of benzene rings is 1. The fourth-order valence-corrected chi connectivity index (χ4v) is 0.981. The summed E-state index contributed by atoms with van der Waals surface area (Å²) in [6.07, 6.45) is 1.64. The van der Waals surface area contributed by atoms with E-state index in [-0.39, 0.29) is 5.82 Å². The molecular weight excluding hydrogens is 141 g/mol. The molecule has 53 valence electrons. The number of pyridine rings is 1. The average Bonchev–Trinajstić information content (AvgIpc) is 2.04. The number of nitrogens with zero attached hydrogens (tertiary/aromatic N) is 1. The highest BCUT2D eigenvalue weighted by Gasteiger charge is 1.93. The van der Waals surface area contributed by atoms with E-state index in [0.29, 0.717) is 5.39 Å². The number of hydrogen-bond acceptors (Lipinski definition) is 1. The maximum atomic E-state index is 12.6. The van der Waals surface area contributed by atoms with Crippen LogP contribution >= 0.6 is 0 Å². The van der Waals surface area contributed by atoms with Gasteiger partial charge in [0, 0.05) is 11.6 Å². The van der Waals surface area contributed by atoms with Crippen LogP contribution in [-0.2, 0) is 0 Å².